The minimum Gasteiger partial charge on any atom is -0.494 e. The van der Waals surface area contributed by atoms with Crippen LogP contribution in [0, 0.1) is 6.92 Å². The number of amides is 1. The molecule has 0 fully saturated rings. The second-order valence-electron chi connectivity index (χ2n) is 5.86. The third kappa shape index (κ3) is 4.36. The standard InChI is InChI=1S/C19H20N2O4/c1-13-5-10-17-16(12-13)20-19(25-17)14-6-8-15(9-7-14)24-11-3-2-4-18(22)21-23/h5-10,12,23H,2-4,11H2,1H3,(H,21,22). The Kier molecular flexibility index (Phi) is 5.30. The van der Waals surface area contributed by atoms with E-state index < -0.39 is 0 Å². The van der Waals surface area contributed by atoms with Crippen molar-refractivity contribution in [3.05, 3.63) is 48.0 Å². The second-order valence-corrected chi connectivity index (χ2v) is 5.86. The first kappa shape index (κ1) is 17.0. The highest BCUT2D eigenvalue weighted by Gasteiger charge is 2.08. The molecule has 0 saturated carbocycles. The number of aromatic nitrogens is 1. The van der Waals surface area contributed by atoms with Crippen LogP contribution in [0.5, 0.6) is 5.75 Å². The normalized spacial score (nSPS) is 10.8. The van der Waals surface area contributed by atoms with Crippen molar-refractivity contribution in [3.8, 4) is 17.2 Å². The Morgan fingerprint density at radius 3 is 2.76 bits per heavy atom. The molecular weight excluding hydrogens is 320 g/mol. The minimum atomic E-state index is -0.377. The van der Waals surface area contributed by atoms with Crippen molar-refractivity contribution in [1.82, 2.24) is 10.5 Å². The van der Waals surface area contributed by atoms with Crippen LogP contribution in [0.3, 0.4) is 0 Å². The molecule has 0 atom stereocenters. The monoisotopic (exact) mass is 340 g/mol. The van der Waals surface area contributed by atoms with Gasteiger partial charge in [-0.25, -0.2) is 10.5 Å². The van der Waals surface area contributed by atoms with Gasteiger partial charge in [0, 0.05) is 12.0 Å². The summed E-state index contributed by atoms with van der Waals surface area (Å²) in [5.41, 5.74) is 5.27. The zero-order valence-electron chi connectivity index (χ0n) is 14.0. The van der Waals surface area contributed by atoms with Crippen LogP contribution in [0.1, 0.15) is 24.8 Å². The fraction of sp³-hybridized carbons (Fsp3) is 0.263. The fourth-order valence-corrected chi connectivity index (χ4v) is 2.49. The third-order valence-corrected chi connectivity index (χ3v) is 3.84. The van der Waals surface area contributed by atoms with Crippen molar-refractivity contribution in [1.29, 1.82) is 0 Å². The summed E-state index contributed by atoms with van der Waals surface area (Å²) in [5, 5.41) is 8.41. The molecule has 25 heavy (non-hydrogen) atoms. The first-order chi connectivity index (χ1) is 12.2. The summed E-state index contributed by atoms with van der Waals surface area (Å²) < 4.78 is 11.4. The molecule has 1 aromatic heterocycles. The third-order valence-electron chi connectivity index (χ3n) is 3.84. The smallest absolute Gasteiger partial charge is 0.243 e. The predicted octanol–water partition coefficient (Wildman–Crippen LogP) is 3.86. The minimum absolute atomic E-state index is 0.288. The Hall–Kier alpha value is -2.86. The maximum atomic E-state index is 10.9. The van der Waals surface area contributed by atoms with Gasteiger partial charge >= 0.3 is 0 Å². The van der Waals surface area contributed by atoms with Crippen LogP contribution in [0.4, 0.5) is 0 Å². The van der Waals surface area contributed by atoms with E-state index >= 15 is 0 Å². The van der Waals surface area contributed by atoms with E-state index in [-0.39, 0.29) is 12.3 Å². The van der Waals surface area contributed by atoms with E-state index in [0.29, 0.717) is 18.9 Å². The van der Waals surface area contributed by atoms with Gasteiger partial charge in [0.1, 0.15) is 11.3 Å². The van der Waals surface area contributed by atoms with Gasteiger partial charge in [0.2, 0.25) is 11.8 Å². The maximum Gasteiger partial charge on any atom is 0.243 e. The van der Waals surface area contributed by atoms with Crippen LogP contribution in [0.25, 0.3) is 22.6 Å². The topological polar surface area (TPSA) is 84.6 Å². The molecule has 3 rings (SSSR count). The van der Waals surface area contributed by atoms with E-state index in [9.17, 15) is 4.79 Å². The Bertz CT molecular complexity index is 855. The Balaban J connectivity index is 1.57. The molecule has 0 aliphatic heterocycles. The van der Waals surface area contributed by atoms with Gasteiger partial charge in [-0.1, -0.05) is 6.07 Å². The highest BCUT2D eigenvalue weighted by atomic mass is 16.5. The fourth-order valence-electron chi connectivity index (χ4n) is 2.49. The number of aryl methyl sites for hydroxylation is 1. The van der Waals surface area contributed by atoms with Crippen LogP contribution in [0.2, 0.25) is 0 Å². The summed E-state index contributed by atoms with van der Waals surface area (Å²) >= 11 is 0. The highest BCUT2D eigenvalue weighted by Crippen LogP contribution is 2.26. The van der Waals surface area contributed by atoms with Gasteiger partial charge in [-0.2, -0.15) is 0 Å². The van der Waals surface area contributed by atoms with E-state index in [1.807, 2.05) is 49.4 Å². The number of unbranched alkanes of at least 4 members (excludes halogenated alkanes) is 1. The van der Waals surface area contributed by atoms with Crippen LogP contribution < -0.4 is 10.2 Å². The summed E-state index contributed by atoms with van der Waals surface area (Å²) in [7, 11) is 0. The lowest BCUT2D eigenvalue weighted by molar-refractivity contribution is -0.129. The summed E-state index contributed by atoms with van der Waals surface area (Å²) in [6.07, 6.45) is 1.68. The molecule has 3 aromatic rings. The van der Waals surface area contributed by atoms with Crippen molar-refractivity contribution < 1.29 is 19.2 Å². The van der Waals surface area contributed by atoms with Crippen molar-refractivity contribution in [2.24, 2.45) is 0 Å². The Labute approximate surface area is 145 Å². The zero-order chi connectivity index (χ0) is 17.6. The molecule has 6 heteroatoms. The van der Waals surface area contributed by atoms with Crippen molar-refractivity contribution >= 4 is 17.0 Å². The van der Waals surface area contributed by atoms with Crippen LogP contribution in [0.15, 0.2) is 46.9 Å². The molecule has 130 valence electrons. The number of hydroxylamine groups is 1. The molecule has 1 amide bonds. The van der Waals surface area contributed by atoms with Gasteiger partial charge in [0.05, 0.1) is 6.61 Å². The Morgan fingerprint density at radius 2 is 2.00 bits per heavy atom. The predicted molar refractivity (Wildman–Crippen MR) is 93.5 cm³/mol. The number of rotatable bonds is 7. The number of carbonyl (C=O) groups is 1. The number of nitrogens with one attached hydrogen (secondary N) is 1. The average Bonchev–Trinajstić information content (AvgIpc) is 3.04. The van der Waals surface area contributed by atoms with Crippen LogP contribution in [-0.2, 0) is 4.79 Å². The van der Waals surface area contributed by atoms with E-state index in [0.717, 1.165) is 34.4 Å². The number of ether oxygens (including phenoxy) is 1. The van der Waals surface area contributed by atoms with Gasteiger partial charge in [0.15, 0.2) is 5.58 Å². The molecule has 0 saturated heterocycles. The quantitative estimate of drug-likeness (QED) is 0.388. The number of carbonyl (C=O) groups excluding carboxylic acids is 1. The SMILES string of the molecule is Cc1ccc2oc(-c3ccc(OCCCCC(=O)NO)cc3)nc2c1. The van der Waals surface area contributed by atoms with E-state index in [4.69, 9.17) is 14.4 Å². The average molecular weight is 340 g/mol. The van der Waals surface area contributed by atoms with Gasteiger partial charge in [-0.05, 0) is 61.7 Å². The van der Waals surface area contributed by atoms with Crippen molar-refractivity contribution in [2.45, 2.75) is 26.2 Å². The van der Waals surface area contributed by atoms with Gasteiger partial charge in [-0.3, -0.25) is 10.0 Å². The number of hydrogen-bond donors (Lipinski definition) is 2. The Morgan fingerprint density at radius 1 is 1.20 bits per heavy atom. The molecular formula is C19H20N2O4. The molecule has 2 aromatic carbocycles. The van der Waals surface area contributed by atoms with Gasteiger partial charge < -0.3 is 9.15 Å². The largest absolute Gasteiger partial charge is 0.494 e. The molecule has 0 unspecified atom stereocenters. The highest BCUT2D eigenvalue weighted by molar-refractivity contribution is 5.77. The van der Waals surface area contributed by atoms with Crippen LogP contribution in [-0.4, -0.2) is 22.7 Å². The number of benzene rings is 2. The molecule has 1 heterocycles. The molecule has 2 N–H and O–H groups in total. The van der Waals surface area contributed by atoms with E-state index in [1.165, 1.54) is 0 Å². The number of nitrogens with zero attached hydrogens (tertiary/aromatic N) is 1. The lowest BCUT2D eigenvalue weighted by Gasteiger charge is -2.06. The van der Waals surface area contributed by atoms with E-state index in [1.54, 1.807) is 5.48 Å². The summed E-state index contributed by atoms with van der Waals surface area (Å²) in [6.45, 7) is 2.54. The summed E-state index contributed by atoms with van der Waals surface area (Å²) in [4.78, 5) is 15.4. The van der Waals surface area contributed by atoms with Gasteiger partial charge in [0.25, 0.3) is 0 Å². The molecule has 0 spiro atoms. The van der Waals surface area contributed by atoms with Crippen molar-refractivity contribution in [3.63, 3.8) is 0 Å². The zero-order valence-corrected chi connectivity index (χ0v) is 14.0. The molecule has 0 aliphatic carbocycles. The molecule has 0 radical (unpaired) electrons. The molecule has 0 aliphatic rings. The number of oxazole rings is 1. The summed E-state index contributed by atoms with van der Waals surface area (Å²) in [6, 6.07) is 13.5. The first-order valence-corrected chi connectivity index (χ1v) is 8.19. The lowest BCUT2D eigenvalue weighted by atomic mass is 10.2. The second kappa shape index (κ2) is 7.81. The van der Waals surface area contributed by atoms with Gasteiger partial charge in [-0.15, -0.1) is 0 Å². The van der Waals surface area contributed by atoms with Crippen molar-refractivity contribution in [2.75, 3.05) is 6.61 Å². The molecule has 0 bridgehead atoms. The molecule has 6 nitrogen and oxygen atoms in total. The van der Waals surface area contributed by atoms with E-state index in [2.05, 4.69) is 4.98 Å². The maximum absolute atomic E-state index is 10.9. The first-order valence-electron chi connectivity index (χ1n) is 8.19. The lowest BCUT2D eigenvalue weighted by Crippen LogP contribution is -2.18. The summed E-state index contributed by atoms with van der Waals surface area (Å²) in [5.74, 6) is 0.961. The van der Waals surface area contributed by atoms with Crippen LogP contribution >= 0.6 is 0 Å². The number of fused-ring (bicyclic) bond motifs is 1. The number of hydrogen-bond acceptors (Lipinski definition) is 5.